The maximum atomic E-state index is 12.0. The van der Waals surface area contributed by atoms with Crippen molar-refractivity contribution < 1.29 is 4.79 Å². The normalized spacial score (nSPS) is 10.1. The zero-order chi connectivity index (χ0) is 14.4. The molecule has 20 heavy (non-hydrogen) atoms. The second kappa shape index (κ2) is 7.18. The van der Waals surface area contributed by atoms with Crippen molar-refractivity contribution in [2.75, 3.05) is 17.2 Å². The van der Waals surface area contributed by atoms with Crippen LogP contribution in [0.15, 0.2) is 36.7 Å². The van der Waals surface area contributed by atoms with E-state index in [4.69, 9.17) is 0 Å². The number of hydrogen-bond donors (Lipinski definition) is 2. The van der Waals surface area contributed by atoms with Crippen LogP contribution in [0.3, 0.4) is 0 Å². The van der Waals surface area contributed by atoms with Crippen LogP contribution in [0, 0.1) is 3.57 Å². The lowest BCUT2D eigenvalue weighted by atomic mass is 10.3. The summed E-state index contributed by atoms with van der Waals surface area (Å²) in [5.41, 5.74) is 1.04. The van der Waals surface area contributed by atoms with Gasteiger partial charge in [-0.1, -0.05) is 6.92 Å². The summed E-state index contributed by atoms with van der Waals surface area (Å²) in [6.07, 6.45) is 4.05. The van der Waals surface area contributed by atoms with Gasteiger partial charge >= 0.3 is 0 Å². The van der Waals surface area contributed by atoms with Gasteiger partial charge in [0.25, 0.3) is 5.91 Å². The minimum absolute atomic E-state index is 0.263. The lowest BCUT2D eigenvalue weighted by Crippen LogP contribution is -2.14. The second-order valence-electron chi connectivity index (χ2n) is 4.17. The third-order valence-electron chi connectivity index (χ3n) is 2.54. The van der Waals surface area contributed by atoms with Crippen LogP contribution in [0.4, 0.5) is 11.5 Å². The van der Waals surface area contributed by atoms with Crippen molar-refractivity contribution in [3.63, 3.8) is 0 Å². The summed E-state index contributed by atoms with van der Waals surface area (Å²) >= 11 is 2.21. The van der Waals surface area contributed by atoms with Crippen molar-refractivity contribution in [3.8, 4) is 0 Å². The Bertz CT molecular complexity index is 569. The first-order valence-electron chi connectivity index (χ1n) is 6.32. The summed E-state index contributed by atoms with van der Waals surface area (Å²) in [6.45, 7) is 2.91. The molecule has 2 N–H and O–H groups in total. The van der Waals surface area contributed by atoms with E-state index in [2.05, 4.69) is 50.1 Å². The molecule has 1 heterocycles. The Balaban J connectivity index is 2.00. The number of rotatable bonds is 5. The molecule has 0 saturated heterocycles. The Morgan fingerprint density at radius 2 is 1.95 bits per heavy atom. The van der Waals surface area contributed by atoms with E-state index in [1.54, 1.807) is 6.20 Å². The first kappa shape index (κ1) is 14.7. The number of anilines is 2. The third kappa shape index (κ3) is 4.16. The highest BCUT2D eigenvalue weighted by atomic mass is 127. The average molecular weight is 382 g/mol. The zero-order valence-corrected chi connectivity index (χ0v) is 13.2. The van der Waals surface area contributed by atoms with Gasteiger partial charge in [-0.15, -0.1) is 0 Å². The smallest absolute Gasteiger partial charge is 0.275 e. The number of nitrogens with one attached hydrogen (secondary N) is 2. The van der Waals surface area contributed by atoms with Gasteiger partial charge in [-0.25, -0.2) is 9.97 Å². The summed E-state index contributed by atoms with van der Waals surface area (Å²) in [5, 5.41) is 5.89. The van der Waals surface area contributed by atoms with E-state index in [0.29, 0.717) is 11.5 Å². The molecule has 104 valence electrons. The molecule has 0 radical (unpaired) electrons. The fourth-order valence-electron chi connectivity index (χ4n) is 1.52. The summed E-state index contributed by atoms with van der Waals surface area (Å²) in [4.78, 5) is 20.3. The van der Waals surface area contributed by atoms with Gasteiger partial charge < -0.3 is 10.6 Å². The van der Waals surface area contributed by atoms with Gasteiger partial charge in [0.05, 0.1) is 12.4 Å². The predicted octanol–water partition coefficient (Wildman–Crippen LogP) is 3.16. The van der Waals surface area contributed by atoms with E-state index in [1.165, 1.54) is 6.20 Å². The van der Waals surface area contributed by atoms with Crippen LogP contribution in [0.1, 0.15) is 23.8 Å². The molecule has 2 rings (SSSR count). The molecule has 0 bridgehead atoms. The standard InChI is InChI=1S/C14H15IN4O/c1-2-7-16-13-9-17-12(8-18-13)14(20)19-11-5-3-10(15)4-6-11/h3-6,8-9H,2,7H2,1H3,(H,16,18)(H,19,20). The molecule has 1 aromatic carbocycles. The number of benzene rings is 1. The number of nitrogens with zero attached hydrogens (tertiary/aromatic N) is 2. The molecule has 0 aliphatic carbocycles. The Morgan fingerprint density at radius 1 is 1.20 bits per heavy atom. The highest BCUT2D eigenvalue weighted by molar-refractivity contribution is 14.1. The maximum absolute atomic E-state index is 12.0. The summed E-state index contributed by atoms with van der Waals surface area (Å²) < 4.78 is 1.12. The minimum Gasteiger partial charge on any atom is -0.369 e. The molecule has 6 heteroatoms. The molecule has 5 nitrogen and oxygen atoms in total. The van der Waals surface area contributed by atoms with Crippen LogP contribution in [-0.2, 0) is 0 Å². The number of aromatic nitrogens is 2. The Hall–Kier alpha value is -1.70. The van der Waals surface area contributed by atoms with Crippen molar-refractivity contribution in [2.24, 2.45) is 0 Å². The highest BCUT2D eigenvalue weighted by Crippen LogP contribution is 2.12. The first-order chi connectivity index (χ1) is 9.69. The molecule has 2 aromatic rings. The molecule has 1 aromatic heterocycles. The molecule has 0 atom stereocenters. The fraction of sp³-hybridized carbons (Fsp3) is 0.214. The lowest BCUT2D eigenvalue weighted by molar-refractivity contribution is 0.102. The zero-order valence-electron chi connectivity index (χ0n) is 11.1. The van der Waals surface area contributed by atoms with Crippen molar-refractivity contribution in [1.29, 1.82) is 0 Å². The Labute approximate surface area is 131 Å². The van der Waals surface area contributed by atoms with Gasteiger partial charge in [-0.3, -0.25) is 4.79 Å². The quantitative estimate of drug-likeness (QED) is 0.780. The van der Waals surface area contributed by atoms with E-state index in [9.17, 15) is 4.79 Å². The third-order valence-corrected chi connectivity index (χ3v) is 3.26. The molecule has 0 spiro atoms. The SMILES string of the molecule is CCCNc1cnc(C(=O)Nc2ccc(I)cc2)cn1. The van der Waals surface area contributed by atoms with Gasteiger partial charge in [0.1, 0.15) is 11.5 Å². The van der Waals surface area contributed by atoms with Gasteiger partial charge in [0, 0.05) is 15.8 Å². The van der Waals surface area contributed by atoms with Crippen molar-refractivity contribution in [2.45, 2.75) is 13.3 Å². The van der Waals surface area contributed by atoms with E-state index in [0.717, 1.165) is 22.2 Å². The van der Waals surface area contributed by atoms with Gasteiger partial charge in [0.15, 0.2) is 0 Å². The average Bonchev–Trinajstić information content (AvgIpc) is 2.48. The highest BCUT2D eigenvalue weighted by Gasteiger charge is 2.08. The van der Waals surface area contributed by atoms with Crippen LogP contribution in [0.5, 0.6) is 0 Å². The molecule has 0 saturated carbocycles. The second-order valence-corrected chi connectivity index (χ2v) is 5.42. The summed E-state index contributed by atoms with van der Waals surface area (Å²) in [6, 6.07) is 7.56. The molecular weight excluding hydrogens is 367 g/mol. The maximum Gasteiger partial charge on any atom is 0.275 e. The molecule has 0 unspecified atom stereocenters. The van der Waals surface area contributed by atoms with E-state index < -0.39 is 0 Å². The molecule has 0 aliphatic heterocycles. The molecule has 1 amide bonds. The number of amides is 1. The van der Waals surface area contributed by atoms with Gasteiger partial charge in [0.2, 0.25) is 0 Å². The summed E-state index contributed by atoms with van der Waals surface area (Å²) in [5.74, 6) is 0.415. The number of halogens is 1. The van der Waals surface area contributed by atoms with E-state index >= 15 is 0 Å². The van der Waals surface area contributed by atoms with Gasteiger partial charge in [-0.05, 0) is 53.3 Å². The lowest BCUT2D eigenvalue weighted by Gasteiger charge is -2.06. The van der Waals surface area contributed by atoms with Crippen molar-refractivity contribution >= 4 is 40.0 Å². The Morgan fingerprint density at radius 3 is 2.55 bits per heavy atom. The first-order valence-corrected chi connectivity index (χ1v) is 7.39. The topological polar surface area (TPSA) is 66.9 Å². The number of carbonyl (C=O) groups is 1. The largest absolute Gasteiger partial charge is 0.369 e. The van der Waals surface area contributed by atoms with Crippen molar-refractivity contribution in [3.05, 3.63) is 45.9 Å². The monoisotopic (exact) mass is 382 g/mol. The van der Waals surface area contributed by atoms with E-state index in [-0.39, 0.29) is 5.91 Å². The van der Waals surface area contributed by atoms with E-state index in [1.807, 2.05) is 24.3 Å². The van der Waals surface area contributed by atoms with Crippen molar-refractivity contribution in [1.82, 2.24) is 9.97 Å². The minimum atomic E-state index is -0.263. The molecule has 0 fully saturated rings. The van der Waals surface area contributed by atoms with Crippen LogP contribution in [0.25, 0.3) is 0 Å². The fourth-order valence-corrected chi connectivity index (χ4v) is 1.88. The number of hydrogen-bond acceptors (Lipinski definition) is 4. The van der Waals surface area contributed by atoms with Crippen LogP contribution < -0.4 is 10.6 Å². The number of carbonyl (C=O) groups excluding carboxylic acids is 1. The van der Waals surface area contributed by atoms with Crippen LogP contribution >= 0.6 is 22.6 Å². The predicted molar refractivity (Wildman–Crippen MR) is 87.9 cm³/mol. The summed E-state index contributed by atoms with van der Waals surface area (Å²) in [7, 11) is 0. The molecule has 0 aliphatic rings. The Kier molecular flexibility index (Phi) is 5.28. The van der Waals surface area contributed by atoms with Gasteiger partial charge in [-0.2, -0.15) is 0 Å². The molecular formula is C14H15IN4O. The van der Waals surface area contributed by atoms with Crippen LogP contribution in [0.2, 0.25) is 0 Å². The van der Waals surface area contributed by atoms with Crippen LogP contribution in [-0.4, -0.2) is 22.4 Å².